The first-order valence-electron chi connectivity index (χ1n) is 10.1. The van der Waals surface area contributed by atoms with E-state index in [4.69, 9.17) is 0 Å². The highest BCUT2D eigenvalue weighted by Crippen LogP contribution is 2.38. The van der Waals surface area contributed by atoms with Crippen molar-refractivity contribution in [3.05, 3.63) is 81.8 Å². The highest BCUT2D eigenvalue weighted by molar-refractivity contribution is 5.99. The molecule has 0 spiro atoms. The molecule has 0 radical (unpaired) electrons. The zero-order valence-electron chi connectivity index (χ0n) is 17.5. The summed E-state index contributed by atoms with van der Waals surface area (Å²) in [6, 6.07) is 4.10. The number of H-pyrrole nitrogens is 1. The normalized spacial score (nSPS) is 16.2. The van der Waals surface area contributed by atoms with Gasteiger partial charge < -0.3 is 0 Å². The molecule has 4 aromatic rings. The molecular weight excluding hydrogens is 459 g/mol. The van der Waals surface area contributed by atoms with Crippen LogP contribution < -0.4 is 0 Å². The molecule has 1 aliphatic heterocycles. The van der Waals surface area contributed by atoms with E-state index < -0.39 is 35.2 Å². The van der Waals surface area contributed by atoms with Crippen LogP contribution in [0.15, 0.2) is 47.7 Å². The summed E-state index contributed by atoms with van der Waals surface area (Å²) in [5, 5.41) is 18.5. The van der Waals surface area contributed by atoms with Crippen molar-refractivity contribution in [3.8, 4) is 0 Å². The van der Waals surface area contributed by atoms with Gasteiger partial charge in [0.2, 0.25) is 0 Å². The number of carbonyl (C=O) groups excluding carboxylic acids is 1. The van der Waals surface area contributed by atoms with Crippen molar-refractivity contribution in [3.63, 3.8) is 0 Å². The van der Waals surface area contributed by atoms with Gasteiger partial charge in [-0.1, -0.05) is 11.6 Å². The van der Waals surface area contributed by atoms with Crippen molar-refractivity contribution < 1.29 is 26.7 Å². The number of nitrogens with one attached hydrogen (secondary N) is 1. The molecule has 12 heteroatoms. The van der Waals surface area contributed by atoms with E-state index >= 15 is 0 Å². The summed E-state index contributed by atoms with van der Waals surface area (Å²) in [6.45, 7) is 1.66. The fraction of sp³-hybridized carbons (Fsp3) is 0.227. The molecule has 1 aliphatic rings. The Morgan fingerprint density at radius 2 is 1.97 bits per heavy atom. The van der Waals surface area contributed by atoms with Crippen LogP contribution in [-0.2, 0) is 23.8 Å². The fourth-order valence-corrected chi connectivity index (χ4v) is 4.26. The van der Waals surface area contributed by atoms with Gasteiger partial charge in [0.25, 0.3) is 0 Å². The van der Waals surface area contributed by atoms with Crippen molar-refractivity contribution in [1.82, 2.24) is 30.4 Å². The largest absolute Gasteiger partial charge is 0.419 e. The molecule has 7 nitrogen and oxygen atoms in total. The van der Waals surface area contributed by atoms with Gasteiger partial charge in [0.15, 0.2) is 11.6 Å². The molecule has 2 aromatic heterocycles. The Kier molecular flexibility index (Phi) is 5.03. The average Bonchev–Trinajstić information content (AvgIpc) is 3.40. The molecule has 1 N–H and O–H groups in total. The number of Topliss-reactive ketones (excluding diaryl/α,β-unsaturated/α-hetero) is 1. The van der Waals surface area contributed by atoms with Crippen LogP contribution in [0.5, 0.6) is 0 Å². The monoisotopic (exact) mass is 474 g/mol. The number of aromatic nitrogens is 6. The number of rotatable bonds is 4. The van der Waals surface area contributed by atoms with E-state index in [1.807, 2.05) is 0 Å². The highest BCUT2D eigenvalue weighted by atomic mass is 19.4. The second kappa shape index (κ2) is 7.82. The molecule has 34 heavy (non-hydrogen) atoms. The number of aromatic amines is 1. The topological polar surface area (TPSA) is 89.4 Å². The molecule has 3 heterocycles. The van der Waals surface area contributed by atoms with Crippen LogP contribution in [-0.4, -0.2) is 36.2 Å². The van der Waals surface area contributed by atoms with E-state index in [0.29, 0.717) is 28.4 Å². The van der Waals surface area contributed by atoms with E-state index in [1.165, 1.54) is 23.0 Å². The quantitative estimate of drug-likeness (QED) is 0.450. The third kappa shape index (κ3) is 3.64. The van der Waals surface area contributed by atoms with Gasteiger partial charge in [-0.25, -0.2) is 13.5 Å². The van der Waals surface area contributed by atoms with Crippen LogP contribution in [0.4, 0.5) is 22.0 Å². The van der Waals surface area contributed by atoms with E-state index in [1.54, 1.807) is 6.92 Å². The Balaban J connectivity index is 1.57. The Morgan fingerprint density at radius 3 is 2.71 bits per heavy atom. The second-order valence-electron chi connectivity index (χ2n) is 8.05. The van der Waals surface area contributed by atoms with Crippen molar-refractivity contribution in [2.45, 2.75) is 32.0 Å². The summed E-state index contributed by atoms with van der Waals surface area (Å²) in [7, 11) is 0. The minimum atomic E-state index is -4.87. The van der Waals surface area contributed by atoms with Crippen LogP contribution in [0.2, 0.25) is 0 Å². The van der Waals surface area contributed by atoms with Crippen LogP contribution in [0.1, 0.15) is 35.5 Å². The van der Waals surface area contributed by atoms with Crippen molar-refractivity contribution >= 4 is 16.7 Å². The van der Waals surface area contributed by atoms with Gasteiger partial charge in [-0.05, 0) is 52.7 Å². The summed E-state index contributed by atoms with van der Waals surface area (Å²) in [4.78, 5) is 13.4. The number of tetrazole rings is 1. The van der Waals surface area contributed by atoms with Crippen LogP contribution in [0, 0.1) is 11.6 Å². The number of hydrogen-bond donors (Lipinski definition) is 1. The molecular formula is C22H15F5N6O. The van der Waals surface area contributed by atoms with Gasteiger partial charge >= 0.3 is 6.18 Å². The smallest absolute Gasteiger partial charge is 0.294 e. The Hall–Kier alpha value is -3.96. The number of ketones is 1. The number of hydrogen-bond acceptors (Lipinski definition) is 5. The fourth-order valence-electron chi connectivity index (χ4n) is 4.26. The highest BCUT2D eigenvalue weighted by Gasteiger charge is 2.37. The number of benzene rings is 2. The predicted octanol–water partition coefficient (Wildman–Crippen LogP) is 4.12. The number of carbonyl (C=O) groups is 1. The molecule has 174 valence electrons. The summed E-state index contributed by atoms with van der Waals surface area (Å²) in [6.07, 6.45) is -3.49. The standard InChI is InChI=1S/C22H15F5N6O/c1-10-4-19-30-31-32-33(19)21(11-2-3-14(16(24)6-11)22(25,26)27)20(10)18(34)7-12-5-13-9-28-29-17(13)8-15(12)23/h2-3,5-6,8-9,21H,4,7H2,1H3,(H,28,29). The number of nitrogens with zero attached hydrogens (tertiary/aromatic N) is 5. The molecule has 1 unspecified atom stereocenters. The van der Waals surface area contributed by atoms with Gasteiger partial charge in [0.1, 0.15) is 17.7 Å². The molecule has 0 fully saturated rings. The SMILES string of the molecule is CC1=C(C(=O)Cc2cc3cn[nH]c3cc2F)C(c2ccc(C(F)(F)F)c(F)c2)n2nnnc2C1. The molecule has 0 saturated heterocycles. The summed E-state index contributed by atoms with van der Waals surface area (Å²) in [5.41, 5.74) is -0.0365. The van der Waals surface area contributed by atoms with Gasteiger partial charge in [-0.15, -0.1) is 5.10 Å². The van der Waals surface area contributed by atoms with Crippen molar-refractivity contribution in [1.29, 1.82) is 0 Å². The maximum Gasteiger partial charge on any atom is 0.419 e. The minimum absolute atomic E-state index is 0.0622. The predicted molar refractivity (Wildman–Crippen MR) is 109 cm³/mol. The van der Waals surface area contributed by atoms with Gasteiger partial charge in [0, 0.05) is 23.8 Å². The van der Waals surface area contributed by atoms with Crippen LogP contribution in [0.3, 0.4) is 0 Å². The molecule has 1 atom stereocenters. The van der Waals surface area contributed by atoms with E-state index in [9.17, 15) is 26.7 Å². The lowest BCUT2D eigenvalue weighted by Gasteiger charge is -2.28. The molecule has 5 rings (SSSR count). The van der Waals surface area contributed by atoms with E-state index in [-0.39, 0.29) is 29.5 Å². The van der Waals surface area contributed by atoms with Crippen molar-refractivity contribution in [2.75, 3.05) is 0 Å². The zero-order chi connectivity index (χ0) is 24.2. The number of allylic oxidation sites excluding steroid dienone is 2. The summed E-state index contributed by atoms with van der Waals surface area (Å²) < 4.78 is 69.5. The van der Waals surface area contributed by atoms with Crippen LogP contribution in [0.25, 0.3) is 10.9 Å². The lowest BCUT2D eigenvalue weighted by atomic mass is 9.85. The molecule has 2 aromatic carbocycles. The third-order valence-corrected chi connectivity index (χ3v) is 5.83. The summed E-state index contributed by atoms with van der Waals surface area (Å²) >= 11 is 0. The van der Waals surface area contributed by atoms with Crippen LogP contribution >= 0.6 is 0 Å². The molecule has 0 bridgehead atoms. The lowest BCUT2D eigenvalue weighted by molar-refractivity contribution is -0.140. The number of alkyl halides is 3. The maximum absolute atomic E-state index is 14.6. The maximum atomic E-state index is 14.6. The molecule has 0 amide bonds. The summed E-state index contributed by atoms with van der Waals surface area (Å²) in [5.74, 6) is -2.21. The van der Waals surface area contributed by atoms with Crippen molar-refractivity contribution in [2.24, 2.45) is 0 Å². The molecule has 0 aliphatic carbocycles. The zero-order valence-corrected chi connectivity index (χ0v) is 17.5. The Bertz CT molecular complexity index is 1470. The van der Waals surface area contributed by atoms with Gasteiger partial charge in [-0.2, -0.15) is 18.3 Å². The average molecular weight is 474 g/mol. The van der Waals surface area contributed by atoms with E-state index in [2.05, 4.69) is 25.7 Å². The number of halogens is 5. The Labute approximate surface area is 188 Å². The first-order chi connectivity index (χ1) is 16.1. The lowest BCUT2D eigenvalue weighted by Crippen LogP contribution is -2.28. The first-order valence-corrected chi connectivity index (χ1v) is 10.1. The number of fused-ring (bicyclic) bond motifs is 2. The van der Waals surface area contributed by atoms with Gasteiger partial charge in [-0.3, -0.25) is 9.89 Å². The second-order valence-corrected chi connectivity index (χ2v) is 8.05. The molecule has 0 saturated carbocycles. The minimum Gasteiger partial charge on any atom is -0.294 e. The Morgan fingerprint density at radius 1 is 1.18 bits per heavy atom. The van der Waals surface area contributed by atoms with Gasteiger partial charge in [0.05, 0.1) is 17.3 Å². The first kappa shape index (κ1) is 21.9. The van der Waals surface area contributed by atoms with E-state index in [0.717, 1.165) is 12.1 Å². The third-order valence-electron chi connectivity index (χ3n) is 5.83.